The van der Waals surface area contributed by atoms with Gasteiger partial charge in [0.25, 0.3) is 0 Å². The fourth-order valence-corrected chi connectivity index (χ4v) is 1.64. The zero-order valence-electron chi connectivity index (χ0n) is 15.2. The van der Waals surface area contributed by atoms with Gasteiger partial charge in [-0.1, -0.05) is 0 Å². The summed E-state index contributed by atoms with van der Waals surface area (Å²) in [6.07, 6.45) is -6.03. The van der Waals surface area contributed by atoms with Crippen molar-refractivity contribution in [3.05, 3.63) is 22.2 Å². The van der Waals surface area contributed by atoms with E-state index in [9.17, 15) is 9.90 Å². The molecule has 1 aromatic heterocycles. The predicted molar refractivity (Wildman–Crippen MR) is 66.0 cm³/mol. The minimum Gasteiger partial charge on any atom is -0.478 e. The highest BCUT2D eigenvalue weighted by atomic mass is 16.5. The molecule has 4 atom stereocenters. The molecule has 2 N–H and O–H groups in total. The van der Waals surface area contributed by atoms with Gasteiger partial charge in [-0.2, -0.15) is 4.98 Å². The lowest BCUT2D eigenvalue weighted by atomic mass is 10.2. The van der Waals surface area contributed by atoms with Crippen LogP contribution in [0.25, 0.3) is 0 Å². The van der Waals surface area contributed by atoms with Gasteiger partial charge in [-0.15, -0.1) is 0 Å². The van der Waals surface area contributed by atoms with Crippen molar-refractivity contribution in [1.29, 1.82) is 0 Å². The van der Waals surface area contributed by atoms with Crippen molar-refractivity contribution in [2.45, 2.75) is 38.6 Å². The van der Waals surface area contributed by atoms with Gasteiger partial charge >= 0.3 is 5.69 Å². The summed E-state index contributed by atoms with van der Waals surface area (Å²) in [5.74, 6) is -0.388. The summed E-state index contributed by atoms with van der Waals surface area (Å²) in [4.78, 5) is 15.7. The molecule has 19 heavy (non-hydrogen) atoms. The number of ether oxygens (including phenoxy) is 2. The van der Waals surface area contributed by atoms with Crippen molar-refractivity contribution in [2.24, 2.45) is 0 Å². The Morgan fingerprint density at radius 3 is 3.21 bits per heavy atom. The Bertz CT molecular complexity index is 666. The second-order valence-electron chi connectivity index (χ2n) is 3.88. The second kappa shape index (κ2) is 5.68. The van der Waals surface area contributed by atoms with E-state index in [0.717, 1.165) is 6.20 Å². The Morgan fingerprint density at radius 1 is 1.84 bits per heavy atom. The minimum atomic E-state index is -2.69. The van der Waals surface area contributed by atoms with E-state index in [0.29, 0.717) is 4.57 Å². The van der Waals surface area contributed by atoms with Crippen molar-refractivity contribution in [2.75, 3.05) is 13.2 Å². The molecule has 1 fully saturated rings. The average molecular weight is 280 g/mol. The van der Waals surface area contributed by atoms with E-state index in [1.807, 2.05) is 0 Å². The van der Waals surface area contributed by atoms with Crippen LogP contribution in [0.5, 0.6) is 5.88 Å². The Balaban J connectivity index is 2.61. The number of aliphatic hydroxyl groups is 2. The van der Waals surface area contributed by atoms with Gasteiger partial charge in [-0.05, 0) is 13.8 Å². The summed E-state index contributed by atoms with van der Waals surface area (Å²) >= 11 is 0. The smallest absolute Gasteiger partial charge is 0.352 e. The Kier molecular flexibility index (Phi) is 2.60. The first-order valence-electron chi connectivity index (χ1n) is 8.30. The number of aryl methyl sites for hydroxylation is 1. The highest BCUT2D eigenvalue weighted by molar-refractivity contribution is 5.20. The van der Waals surface area contributed by atoms with Crippen molar-refractivity contribution in [3.8, 4) is 5.88 Å². The molecule has 0 saturated carbocycles. The second-order valence-corrected chi connectivity index (χ2v) is 3.88. The Morgan fingerprint density at radius 2 is 2.63 bits per heavy atom. The lowest BCUT2D eigenvalue weighted by Crippen LogP contribution is -2.28. The minimum absolute atomic E-state index is 0.0778. The normalized spacial score (nSPS) is 38.9. The third-order valence-electron chi connectivity index (χ3n) is 2.56. The van der Waals surface area contributed by atoms with E-state index >= 15 is 0 Å². The van der Waals surface area contributed by atoms with Crippen molar-refractivity contribution in [3.63, 3.8) is 0 Å². The summed E-state index contributed by atoms with van der Waals surface area (Å²) in [5, 5.41) is 19.0. The van der Waals surface area contributed by atoms with Crippen LogP contribution in [0.15, 0.2) is 11.0 Å². The zero-order chi connectivity index (χ0) is 18.3. The number of hydrogen-bond donors (Lipinski definition) is 2. The molecule has 0 amide bonds. The van der Waals surface area contributed by atoms with Crippen molar-refractivity contribution >= 4 is 0 Å². The fraction of sp³-hybridized carbons (Fsp3) is 0.667. The third-order valence-corrected chi connectivity index (χ3v) is 2.56. The molecule has 0 bridgehead atoms. The van der Waals surface area contributed by atoms with Crippen molar-refractivity contribution in [1.82, 2.24) is 9.55 Å². The molecule has 7 nitrogen and oxygen atoms in total. The first-order valence-corrected chi connectivity index (χ1v) is 5.72. The number of aliphatic hydroxyl groups excluding tert-OH is 2. The molecule has 1 unspecified atom stereocenters. The van der Waals surface area contributed by atoms with Gasteiger partial charge < -0.3 is 19.7 Å². The van der Waals surface area contributed by atoms with E-state index in [2.05, 4.69) is 4.98 Å². The lowest BCUT2D eigenvalue weighted by Gasteiger charge is -2.15. The van der Waals surface area contributed by atoms with E-state index < -0.39 is 49.5 Å². The molecule has 0 radical (unpaired) electrons. The molecule has 1 aromatic rings. The maximum atomic E-state index is 12.2. The first kappa shape index (κ1) is 8.68. The molecule has 2 heterocycles. The van der Waals surface area contributed by atoms with Crippen LogP contribution >= 0.6 is 0 Å². The van der Waals surface area contributed by atoms with Crippen LogP contribution in [0.3, 0.4) is 0 Å². The SMILES string of the molecule is [3H]C1[C@H](O)[C@@H](CO)O[C@@]1([3H])n1cc(C([3H])([3H])[3H])c(OCC)nc1=O. The Labute approximate surface area is 117 Å². The van der Waals surface area contributed by atoms with E-state index in [1.165, 1.54) is 0 Å². The van der Waals surface area contributed by atoms with E-state index in [1.54, 1.807) is 6.92 Å². The van der Waals surface area contributed by atoms with Crippen molar-refractivity contribution < 1.29 is 26.5 Å². The van der Waals surface area contributed by atoms with Crippen LogP contribution in [-0.2, 0) is 4.74 Å². The number of aromatic nitrogens is 2. The third kappa shape index (κ3) is 2.78. The fourth-order valence-electron chi connectivity index (χ4n) is 1.64. The predicted octanol–water partition coefficient (Wildman–Crippen LogP) is -0.409. The van der Waals surface area contributed by atoms with Crippen LogP contribution in [0.2, 0.25) is 0 Å². The van der Waals surface area contributed by atoms with E-state index in [4.69, 9.17) is 21.4 Å². The van der Waals surface area contributed by atoms with Crippen LogP contribution in [-0.4, -0.2) is 45.2 Å². The van der Waals surface area contributed by atoms with Gasteiger partial charge in [0.1, 0.15) is 12.3 Å². The number of rotatable bonds is 4. The van der Waals surface area contributed by atoms with Gasteiger partial charge in [0.15, 0.2) is 0 Å². The van der Waals surface area contributed by atoms with Crippen LogP contribution in [0.1, 0.15) is 31.9 Å². The van der Waals surface area contributed by atoms with Crippen LogP contribution < -0.4 is 10.4 Å². The van der Waals surface area contributed by atoms with Crippen LogP contribution in [0.4, 0.5) is 0 Å². The summed E-state index contributed by atoms with van der Waals surface area (Å²) in [5.41, 5.74) is -1.49. The lowest BCUT2D eigenvalue weighted by molar-refractivity contribution is -0.0460. The standard InChI is InChI=1S/C12H18N2O5/c1-3-18-11-7(2)5-14(12(17)13-11)10-4-8(16)9(6-15)19-10/h5,8-10,15-16H,3-4,6H2,1-2H3/t8-,9+,10+/m0/s1/i2T3,4T,10T/t4?,8-,9+,10+. The van der Waals surface area contributed by atoms with Gasteiger partial charge in [0.05, 0.1) is 20.7 Å². The number of nitrogens with zero attached hydrogens (tertiary/aromatic N) is 2. The molecule has 0 aliphatic carbocycles. The topological polar surface area (TPSA) is 93.8 Å². The maximum Gasteiger partial charge on any atom is 0.352 e. The molecular formula is C12H18N2O5. The van der Waals surface area contributed by atoms with Gasteiger partial charge in [-0.3, -0.25) is 4.57 Å². The highest BCUT2D eigenvalue weighted by Gasteiger charge is 2.35. The average Bonchev–Trinajstić information content (AvgIpc) is 2.71. The quantitative estimate of drug-likeness (QED) is 0.779. The molecule has 0 aromatic carbocycles. The molecule has 1 aliphatic heterocycles. The Hall–Kier alpha value is -1.44. The maximum absolute atomic E-state index is 12.2. The molecule has 2 rings (SSSR count). The molecule has 1 saturated heterocycles. The largest absolute Gasteiger partial charge is 0.478 e. The van der Waals surface area contributed by atoms with E-state index in [-0.39, 0.29) is 12.5 Å². The summed E-state index contributed by atoms with van der Waals surface area (Å²) in [6, 6.07) is 0. The molecule has 7 heteroatoms. The molecule has 1 aliphatic rings. The summed E-state index contributed by atoms with van der Waals surface area (Å²) in [6.45, 7) is -1.68. The number of hydrogen-bond acceptors (Lipinski definition) is 6. The summed E-state index contributed by atoms with van der Waals surface area (Å²) < 4.78 is 49.4. The first-order chi connectivity index (χ1) is 11.1. The molecule has 106 valence electrons. The van der Waals surface area contributed by atoms with Gasteiger partial charge in [0, 0.05) is 23.6 Å². The zero-order valence-corrected chi connectivity index (χ0v) is 10.2. The molecule has 0 spiro atoms. The van der Waals surface area contributed by atoms with Gasteiger partial charge in [-0.25, -0.2) is 4.79 Å². The summed E-state index contributed by atoms with van der Waals surface area (Å²) in [7, 11) is 0. The highest BCUT2D eigenvalue weighted by Crippen LogP contribution is 2.28. The molecular weight excluding hydrogens is 252 g/mol. The van der Waals surface area contributed by atoms with Gasteiger partial charge in [0.2, 0.25) is 5.88 Å². The monoisotopic (exact) mass is 280 g/mol. The van der Waals surface area contributed by atoms with Crippen LogP contribution in [0, 0.1) is 6.85 Å².